The highest BCUT2D eigenvalue weighted by Gasteiger charge is 2.17. The topological polar surface area (TPSA) is 0 Å². The molecular weight excluding hydrogens is 278 g/mol. The van der Waals surface area contributed by atoms with Crippen molar-refractivity contribution in [2.75, 3.05) is 0 Å². The predicted octanol–water partition coefficient (Wildman–Crippen LogP) is 5.49. The van der Waals surface area contributed by atoms with Gasteiger partial charge in [0, 0.05) is 5.56 Å². The normalized spacial score (nSPS) is 13.7. The number of rotatable bonds is 4. The lowest BCUT2D eigenvalue weighted by Crippen LogP contribution is -2.06. The monoisotopic (exact) mass is 298 g/mol. The molecular formula is C20H20F2. The van der Waals surface area contributed by atoms with E-state index in [-0.39, 0.29) is 11.6 Å². The fourth-order valence-corrected chi connectivity index (χ4v) is 3.06. The Labute approximate surface area is 130 Å². The van der Waals surface area contributed by atoms with E-state index in [2.05, 4.69) is 6.92 Å². The molecule has 1 aliphatic carbocycles. The summed E-state index contributed by atoms with van der Waals surface area (Å²) in [6, 6.07) is 10.7. The van der Waals surface area contributed by atoms with Crippen LogP contribution in [0.1, 0.15) is 42.0 Å². The van der Waals surface area contributed by atoms with Gasteiger partial charge in [-0.15, -0.1) is 0 Å². The highest BCUT2D eigenvalue weighted by Crippen LogP contribution is 2.30. The summed E-state index contributed by atoms with van der Waals surface area (Å²) < 4.78 is 28.2. The average Bonchev–Trinajstić information content (AvgIpc) is 2.53. The zero-order chi connectivity index (χ0) is 15.5. The number of aryl methyl sites for hydroxylation is 1. The summed E-state index contributed by atoms with van der Waals surface area (Å²) in [5.74, 6) is -0.331. The molecule has 3 rings (SSSR count). The van der Waals surface area contributed by atoms with Crippen LogP contribution in [0, 0.1) is 11.6 Å². The highest BCUT2D eigenvalue weighted by molar-refractivity contribution is 5.71. The van der Waals surface area contributed by atoms with Gasteiger partial charge in [-0.1, -0.05) is 43.7 Å². The van der Waals surface area contributed by atoms with Gasteiger partial charge in [-0.3, -0.25) is 0 Å². The van der Waals surface area contributed by atoms with Gasteiger partial charge in [0.15, 0.2) is 0 Å². The van der Waals surface area contributed by atoms with Crippen molar-refractivity contribution in [1.29, 1.82) is 0 Å². The molecule has 2 heteroatoms. The molecule has 0 atom stereocenters. The minimum atomic E-state index is -0.167. The second kappa shape index (κ2) is 6.43. The Morgan fingerprint density at radius 1 is 1.05 bits per heavy atom. The van der Waals surface area contributed by atoms with Crippen molar-refractivity contribution in [2.24, 2.45) is 0 Å². The van der Waals surface area contributed by atoms with Gasteiger partial charge >= 0.3 is 0 Å². The standard InChI is InChI=1S/C20H20F2/c1-2-3-5-14-8-10-18(20(22)12-14)16-9-11-17-15(13-16)6-4-7-19(17)21/h4,6-10,12H,2-3,5,11,13H2,1H3. The lowest BCUT2D eigenvalue weighted by molar-refractivity contribution is 0.610. The van der Waals surface area contributed by atoms with Gasteiger partial charge in [0.05, 0.1) is 0 Å². The van der Waals surface area contributed by atoms with Crippen molar-refractivity contribution in [1.82, 2.24) is 0 Å². The minimum Gasteiger partial charge on any atom is -0.207 e. The summed E-state index contributed by atoms with van der Waals surface area (Å²) in [5.41, 5.74) is 4.36. The maximum atomic E-state index is 14.4. The van der Waals surface area contributed by atoms with Crippen LogP contribution in [-0.4, -0.2) is 0 Å². The molecule has 0 heterocycles. The lowest BCUT2D eigenvalue weighted by atomic mass is 9.87. The SMILES string of the molecule is CCCCc1ccc(C2=CCc3c(F)cccc3C2)c(F)c1. The number of allylic oxidation sites excluding steroid dienone is 2. The molecule has 0 N–H and O–H groups in total. The number of halogens is 2. The van der Waals surface area contributed by atoms with Gasteiger partial charge in [-0.2, -0.15) is 0 Å². The van der Waals surface area contributed by atoms with Crippen molar-refractivity contribution in [3.8, 4) is 0 Å². The first-order valence-corrected chi connectivity index (χ1v) is 7.93. The number of hydrogen-bond acceptors (Lipinski definition) is 0. The average molecular weight is 298 g/mol. The van der Waals surface area contributed by atoms with Crippen molar-refractivity contribution in [3.63, 3.8) is 0 Å². The molecule has 0 nitrogen and oxygen atoms in total. The maximum absolute atomic E-state index is 14.4. The van der Waals surface area contributed by atoms with E-state index in [1.807, 2.05) is 24.3 Å². The molecule has 2 aromatic rings. The number of unbranched alkanes of at least 4 members (excludes halogenated alkanes) is 1. The molecule has 114 valence electrons. The zero-order valence-corrected chi connectivity index (χ0v) is 12.8. The van der Waals surface area contributed by atoms with Crippen LogP contribution >= 0.6 is 0 Å². The second-order valence-corrected chi connectivity index (χ2v) is 5.91. The third kappa shape index (κ3) is 2.96. The van der Waals surface area contributed by atoms with Crippen LogP contribution in [0.3, 0.4) is 0 Å². The highest BCUT2D eigenvalue weighted by atomic mass is 19.1. The van der Waals surface area contributed by atoms with Gasteiger partial charge in [0.1, 0.15) is 11.6 Å². The molecule has 0 aliphatic heterocycles. The summed E-state index contributed by atoms with van der Waals surface area (Å²) >= 11 is 0. The van der Waals surface area contributed by atoms with Crippen LogP contribution in [0.25, 0.3) is 5.57 Å². The van der Waals surface area contributed by atoms with Crippen molar-refractivity contribution >= 4 is 5.57 Å². The van der Waals surface area contributed by atoms with Gasteiger partial charge < -0.3 is 0 Å². The third-order valence-corrected chi connectivity index (χ3v) is 4.35. The van der Waals surface area contributed by atoms with E-state index in [0.717, 1.165) is 41.5 Å². The van der Waals surface area contributed by atoms with Crippen LogP contribution < -0.4 is 0 Å². The molecule has 0 fully saturated rings. The second-order valence-electron chi connectivity index (χ2n) is 5.91. The first-order chi connectivity index (χ1) is 10.7. The summed E-state index contributed by atoms with van der Waals surface area (Å²) in [5, 5.41) is 0. The van der Waals surface area contributed by atoms with E-state index in [1.54, 1.807) is 12.1 Å². The van der Waals surface area contributed by atoms with E-state index in [9.17, 15) is 8.78 Å². The predicted molar refractivity (Wildman–Crippen MR) is 86.8 cm³/mol. The largest absolute Gasteiger partial charge is 0.207 e. The summed E-state index contributed by atoms with van der Waals surface area (Å²) in [7, 11) is 0. The molecule has 1 aliphatic rings. The summed E-state index contributed by atoms with van der Waals surface area (Å²) in [4.78, 5) is 0. The molecule has 0 saturated carbocycles. The lowest BCUT2D eigenvalue weighted by Gasteiger charge is -2.18. The molecule has 22 heavy (non-hydrogen) atoms. The van der Waals surface area contributed by atoms with Crippen LogP contribution in [-0.2, 0) is 19.3 Å². The van der Waals surface area contributed by atoms with Gasteiger partial charge in [-0.05, 0) is 60.1 Å². The van der Waals surface area contributed by atoms with Crippen LogP contribution in [0.15, 0.2) is 42.5 Å². The molecule has 0 radical (unpaired) electrons. The first-order valence-electron chi connectivity index (χ1n) is 7.93. The van der Waals surface area contributed by atoms with Crippen molar-refractivity contribution < 1.29 is 8.78 Å². The fourth-order valence-electron chi connectivity index (χ4n) is 3.06. The van der Waals surface area contributed by atoms with E-state index in [4.69, 9.17) is 0 Å². The number of fused-ring (bicyclic) bond motifs is 1. The summed E-state index contributed by atoms with van der Waals surface area (Å²) in [6.07, 6.45) is 6.19. The van der Waals surface area contributed by atoms with E-state index in [1.165, 1.54) is 6.07 Å². The van der Waals surface area contributed by atoms with Gasteiger partial charge in [-0.25, -0.2) is 8.78 Å². The Balaban J connectivity index is 1.85. The molecule has 0 spiro atoms. The van der Waals surface area contributed by atoms with Crippen LogP contribution in [0.5, 0.6) is 0 Å². The van der Waals surface area contributed by atoms with Gasteiger partial charge in [0.2, 0.25) is 0 Å². The van der Waals surface area contributed by atoms with Crippen molar-refractivity contribution in [2.45, 2.75) is 39.0 Å². The smallest absolute Gasteiger partial charge is 0.130 e. The Morgan fingerprint density at radius 2 is 1.91 bits per heavy atom. The van der Waals surface area contributed by atoms with Crippen LogP contribution in [0.4, 0.5) is 8.78 Å². The van der Waals surface area contributed by atoms with E-state index >= 15 is 0 Å². The molecule has 0 aromatic heterocycles. The number of hydrogen-bond donors (Lipinski definition) is 0. The zero-order valence-electron chi connectivity index (χ0n) is 12.8. The Morgan fingerprint density at radius 3 is 2.68 bits per heavy atom. The first kappa shape index (κ1) is 15.0. The molecule has 0 saturated heterocycles. The quantitative estimate of drug-likeness (QED) is 0.700. The summed E-state index contributed by atoms with van der Waals surface area (Å²) in [6.45, 7) is 2.13. The number of benzene rings is 2. The van der Waals surface area contributed by atoms with E-state index < -0.39 is 0 Å². The third-order valence-electron chi connectivity index (χ3n) is 4.35. The van der Waals surface area contributed by atoms with Crippen LogP contribution in [0.2, 0.25) is 0 Å². The van der Waals surface area contributed by atoms with E-state index in [0.29, 0.717) is 18.4 Å². The molecule has 0 bridgehead atoms. The maximum Gasteiger partial charge on any atom is 0.130 e. The fraction of sp³-hybridized carbons (Fsp3) is 0.300. The van der Waals surface area contributed by atoms with Gasteiger partial charge in [0.25, 0.3) is 0 Å². The Hall–Kier alpha value is -1.96. The molecule has 0 unspecified atom stereocenters. The Bertz CT molecular complexity index is 714. The molecule has 0 amide bonds. The molecule has 2 aromatic carbocycles. The van der Waals surface area contributed by atoms with Crippen molar-refractivity contribution in [3.05, 3.63) is 76.4 Å². The Kier molecular flexibility index (Phi) is 4.37. The minimum absolute atomic E-state index is 0.164.